The van der Waals surface area contributed by atoms with Gasteiger partial charge in [0.15, 0.2) is 0 Å². The summed E-state index contributed by atoms with van der Waals surface area (Å²) in [5.74, 6) is 4.31. The van der Waals surface area contributed by atoms with Crippen LogP contribution in [-0.4, -0.2) is 13.0 Å². The molecule has 4 nitrogen and oxygen atoms in total. The molecule has 0 saturated heterocycles. The Morgan fingerprint density at radius 1 is 1.36 bits per heavy atom. The first kappa shape index (κ1) is 10.7. The van der Waals surface area contributed by atoms with Gasteiger partial charge in [-0.1, -0.05) is 24.3 Å². The van der Waals surface area contributed by atoms with Gasteiger partial charge in [-0.3, -0.25) is 4.79 Å². The zero-order valence-electron chi connectivity index (χ0n) is 8.12. The zero-order chi connectivity index (χ0) is 10.4. The summed E-state index contributed by atoms with van der Waals surface area (Å²) in [6, 6.07) is 7.72. The number of nitrogens with two attached hydrogens (primary N) is 1. The number of nitrogens with one attached hydrogen (secondary N) is 1. The molecule has 0 aromatic heterocycles. The molecule has 0 aliphatic carbocycles. The Hall–Kier alpha value is -1.39. The van der Waals surface area contributed by atoms with Crippen LogP contribution in [0.2, 0.25) is 0 Å². The van der Waals surface area contributed by atoms with Crippen LogP contribution in [0, 0.1) is 0 Å². The Morgan fingerprint density at radius 2 is 1.93 bits per heavy atom. The van der Waals surface area contributed by atoms with Crippen LogP contribution in [0.15, 0.2) is 24.3 Å². The molecule has 0 saturated carbocycles. The van der Waals surface area contributed by atoms with Crippen molar-refractivity contribution in [3.63, 3.8) is 0 Å². The quantitative estimate of drug-likeness (QED) is 0.679. The third-order valence-electron chi connectivity index (χ3n) is 1.88. The Balaban J connectivity index is 2.59. The predicted octanol–water partition coefficient (Wildman–Crippen LogP) is 0.365. The Kier molecular flexibility index (Phi) is 4.10. The summed E-state index contributed by atoms with van der Waals surface area (Å²) in [7, 11) is 1.89. The molecule has 0 aliphatic heterocycles. The second kappa shape index (κ2) is 5.36. The zero-order valence-corrected chi connectivity index (χ0v) is 8.12. The Bertz CT molecular complexity index is 295. The lowest BCUT2D eigenvalue weighted by atomic mass is 10.1. The van der Waals surface area contributed by atoms with E-state index in [0.717, 1.165) is 12.1 Å². The van der Waals surface area contributed by atoms with Crippen LogP contribution in [0.1, 0.15) is 11.1 Å². The van der Waals surface area contributed by atoms with Crippen molar-refractivity contribution in [1.82, 2.24) is 5.32 Å². The molecule has 0 fully saturated rings. The van der Waals surface area contributed by atoms with Crippen LogP contribution < -0.4 is 11.2 Å². The smallest absolute Gasteiger partial charge is 0.328 e. The van der Waals surface area contributed by atoms with Gasteiger partial charge in [0.05, 0.1) is 6.42 Å². The summed E-state index contributed by atoms with van der Waals surface area (Å²) < 4.78 is 0. The van der Waals surface area contributed by atoms with E-state index in [2.05, 4.69) is 10.2 Å². The molecule has 0 heterocycles. The molecule has 4 heteroatoms. The first-order chi connectivity index (χ1) is 6.76. The number of carbonyl (C=O) groups excluding carboxylic acids is 1. The number of rotatable bonds is 4. The average Bonchev–Trinajstić information content (AvgIpc) is 2.21. The Morgan fingerprint density at radius 3 is 2.43 bits per heavy atom. The van der Waals surface area contributed by atoms with Gasteiger partial charge in [-0.15, -0.1) is 0 Å². The highest BCUT2D eigenvalue weighted by molar-refractivity contribution is 5.72. The van der Waals surface area contributed by atoms with E-state index in [4.69, 9.17) is 5.90 Å². The minimum atomic E-state index is -0.425. The number of hydrogen-bond donors (Lipinski definition) is 2. The van der Waals surface area contributed by atoms with E-state index < -0.39 is 5.97 Å². The standard InChI is InChI=1S/C10H14N2O2/c1-12-7-9-4-2-8(3-5-9)6-10(13)14-11/h2-5,12H,6-7,11H2,1H3. The van der Waals surface area contributed by atoms with Crippen LogP contribution in [0.3, 0.4) is 0 Å². The minimum absolute atomic E-state index is 0.219. The number of benzene rings is 1. The van der Waals surface area contributed by atoms with Gasteiger partial charge in [-0.2, -0.15) is 5.90 Å². The van der Waals surface area contributed by atoms with Gasteiger partial charge in [0.1, 0.15) is 0 Å². The second-order valence-corrected chi connectivity index (χ2v) is 3.01. The average molecular weight is 194 g/mol. The lowest BCUT2D eigenvalue weighted by Crippen LogP contribution is -2.12. The van der Waals surface area contributed by atoms with E-state index in [1.165, 1.54) is 5.56 Å². The van der Waals surface area contributed by atoms with Gasteiger partial charge in [0, 0.05) is 6.54 Å². The SMILES string of the molecule is CNCc1ccc(CC(=O)ON)cc1. The molecule has 14 heavy (non-hydrogen) atoms. The molecule has 1 rings (SSSR count). The molecule has 1 aromatic rings. The van der Waals surface area contributed by atoms with Gasteiger partial charge < -0.3 is 10.2 Å². The normalized spacial score (nSPS) is 9.86. The summed E-state index contributed by atoms with van der Waals surface area (Å²) in [5, 5.41) is 3.04. The van der Waals surface area contributed by atoms with Crippen molar-refractivity contribution < 1.29 is 9.63 Å². The van der Waals surface area contributed by atoms with Gasteiger partial charge >= 0.3 is 5.97 Å². The maximum atomic E-state index is 10.8. The predicted molar refractivity (Wildman–Crippen MR) is 53.2 cm³/mol. The molecule has 0 bridgehead atoms. The highest BCUT2D eigenvalue weighted by Crippen LogP contribution is 2.05. The summed E-state index contributed by atoms with van der Waals surface area (Å²) in [6.45, 7) is 0.821. The van der Waals surface area contributed by atoms with Crippen molar-refractivity contribution in [3.8, 4) is 0 Å². The fourth-order valence-electron chi connectivity index (χ4n) is 1.19. The first-order valence-corrected chi connectivity index (χ1v) is 4.38. The van der Waals surface area contributed by atoms with E-state index in [-0.39, 0.29) is 6.42 Å². The molecule has 0 spiro atoms. The van der Waals surface area contributed by atoms with Crippen molar-refractivity contribution in [3.05, 3.63) is 35.4 Å². The lowest BCUT2D eigenvalue weighted by molar-refractivity contribution is -0.143. The largest absolute Gasteiger partial charge is 0.373 e. The number of carbonyl (C=O) groups is 1. The maximum Gasteiger partial charge on any atom is 0.328 e. The van der Waals surface area contributed by atoms with Gasteiger partial charge in [0.2, 0.25) is 0 Å². The van der Waals surface area contributed by atoms with Crippen molar-refractivity contribution in [1.29, 1.82) is 0 Å². The van der Waals surface area contributed by atoms with E-state index in [1.54, 1.807) is 0 Å². The maximum absolute atomic E-state index is 10.8. The number of hydrogen-bond acceptors (Lipinski definition) is 4. The van der Waals surface area contributed by atoms with Crippen molar-refractivity contribution in [2.75, 3.05) is 7.05 Å². The monoisotopic (exact) mass is 194 g/mol. The molecule has 3 N–H and O–H groups in total. The van der Waals surface area contributed by atoms with Crippen molar-refractivity contribution >= 4 is 5.97 Å². The van der Waals surface area contributed by atoms with Crippen molar-refractivity contribution in [2.45, 2.75) is 13.0 Å². The van der Waals surface area contributed by atoms with E-state index >= 15 is 0 Å². The van der Waals surface area contributed by atoms with Crippen molar-refractivity contribution in [2.24, 2.45) is 5.90 Å². The highest BCUT2D eigenvalue weighted by atomic mass is 16.7. The molecule has 0 unspecified atom stereocenters. The fraction of sp³-hybridized carbons (Fsp3) is 0.300. The van der Waals surface area contributed by atoms with Crippen LogP contribution in [-0.2, 0) is 22.6 Å². The highest BCUT2D eigenvalue weighted by Gasteiger charge is 2.02. The summed E-state index contributed by atoms with van der Waals surface area (Å²) in [6.07, 6.45) is 0.219. The van der Waals surface area contributed by atoms with E-state index in [9.17, 15) is 4.79 Å². The third kappa shape index (κ3) is 3.16. The van der Waals surface area contributed by atoms with Crippen LogP contribution in [0.5, 0.6) is 0 Å². The molecule has 1 aromatic carbocycles. The van der Waals surface area contributed by atoms with Crippen LogP contribution in [0.4, 0.5) is 0 Å². The first-order valence-electron chi connectivity index (χ1n) is 4.38. The molecule has 0 radical (unpaired) electrons. The van der Waals surface area contributed by atoms with Gasteiger partial charge in [-0.25, -0.2) is 0 Å². The minimum Gasteiger partial charge on any atom is -0.373 e. The van der Waals surface area contributed by atoms with Crippen LogP contribution >= 0.6 is 0 Å². The second-order valence-electron chi connectivity index (χ2n) is 3.01. The van der Waals surface area contributed by atoms with E-state index in [1.807, 2.05) is 31.3 Å². The topological polar surface area (TPSA) is 64.3 Å². The summed E-state index contributed by atoms with van der Waals surface area (Å²) in [5.41, 5.74) is 2.08. The molecular weight excluding hydrogens is 180 g/mol. The fourth-order valence-corrected chi connectivity index (χ4v) is 1.19. The molecule has 0 atom stereocenters. The van der Waals surface area contributed by atoms with Crippen LogP contribution in [0.25, 0.3) is 0 Å². The Labute approximate surface area is 83.0 Å². The molecule has 0 aliphatic rings. The lowest BCUT2D eigenvalue weighted by Gasteiger charge is -2.02. The third-order valence-corrected chi connectivity index (χ3v) is 1.88. The molecule has 0 amide bonds. The summed E-state index contributed by atoms with van der Waals surface area (Å²) in [4.78, 5) is 14.9. The van der Waals surface area contributed by atoms with Gasteiger partial charge in [-0.05, 0) is 18.2 Å². The summed E-state index contributed by atoms with van der Waals surface area (Å²) >= 11 is 0. The van der Waals surface area contributed by atoms with E-state index in [0.29, 0.717) is 0 Å². The molecule has 76 valence electrons. The molecular formula is C10H14N2O2. The van der Waals surface area contributed by atoms with Gasteiger partial charge in [0.25, 0.3) is 0 Å².